The van der Waals surface area contributed by atoms with E-state index in [9.17, 15) is 4.57 Å². The molecule has 0 saturated heterocycles. The molecule has 0 aliphatic carbocycles. The quantitative estimate of drug-likeness (QED) is 0.548. The number of benzene rings is 1. The van der Waals surface area contributed by atoms with E-state index < -0.39 is 6.34 Å². The molecule has 15 heavy (non-hydrogen) atoms. The van der Waals surface area contributed by atoms with E-state index in [1.807, 2.05) is 30.3 Å². The van der Waals surface area contributed by atoms with Crippen LogP contribution >= 0.6 is 17.7 Å². The van der Waals surface area contributed by atoms with Gasteiger partial charge in [-0.2, -0.15) is 0 Å². The third-order valence-electron chi connectivity index (χ3n) is 2.81. The fourth-order valence-electron chi connectivity index (χ4n) is 1.64. The lowest BCUT2D eigenvalue weighted by atomic mass is 10.2. The highest BCUT2D eigenvalue weighted by molar-refractivity contribution is 8.60. The first-order valence-corrected chi connectivity index (χ1v) is 8.54. The van der Waals surface area contributed by atoms with Gasteiger partial charge >= 0.3 is 0 Å². The number of allylic oxidation sites excluding steroid dienone is 1. The standard InChI is InChI=1S/C12H15OPS/c1-10-8-14(13,15-9-11(10)2)12-6-4-3-5-7-12/h3-7H,8-9H2,1-2H3. The summed E-state index contributed by atoms with van der Waals surface area (Å²) >= 11 is 1.63. The Hall–Kier alpha value is -0.460. The average molecular weight is 238 g/mol. The van der Waals surface area contributed by atoms with E-state index in [0.29, 0.717) is 0 Å². The predicted molar refractivity (Wildman–Crippen MR) is 69.4 cm³/mol. The molecular weight excluding hydrogens is 223 g/mol. The molecule has 0 N–H and O–H groups in total. The van der Waals surface area contributed by atoms with Crippen LogP contribution in [-0.4, -0.2) is 11.9 Å². The molecule has 0 spiro atoms. The number of hydrogen-bond donors (Lipinski definition) is 0. The maximum absolute atomic E-state index is 12.7. The van der Waals surface area contributed by atoms with Crippen molar-refractivity contribution < 1.29 is 4.57 Å². The molecule has 1 nitrogen and oxygen atoms in total. The Morgan fingerprint density at radius 2 is 1.80 bits per heavy atom. The van der Waals surface area contributed by atoms with Crippen molar-refractivity contribution >= 4 is 23.0 Å². The zero-order valence-corrected chi connectivity index (χ0v) is 10.8. The minimum Gasteiger partial charge on any atom is -0.307 e. The normalized spacial score (nSPS) is 26.8. The lowest BCUT2D eigenvalue weighted by Gasteiger charge is -2.24. The van der Waals surface area contributed by atoms with Gasteiger partial charge in [0.1, 0.15) is 0 Å². The van der Waals surface area contributed by atoms with E-state index in [2.05, 4.69) is 13.8 Å². The molecule has 80 valence electrons. The number of hydrogen-bond acceptors (Lipinski definition) is 2. The molecule has 1 heterocycles. The van der Waals surface area contributed by atoms with Crippen LogP contribution < -0.4 is 5.30 Å². The molecule has 1 aliphatic heterocycles. The van der Waals surface area contributed by atoms with Gasteiger partial charge in [-0.25, -0.2) is 0 Å². The highest BCUT2D eigenvalue weighted by Crippen LogP contribution is 2.61. The Bertz CT molecular complexity index is 436. The lowest BCUT2D eigenvalue weighted by molar-refractivity contribution is 0.591. The zero-order valence-electron chi connectivity index (χ0n) is 9.06. The van der Waals surface area contributed by atoms with E-state index in [1.165, 1.54) is 11.1 Å². The molecule has 1 aromatic carbocycles. The van der Waals surface area contributed by atoms with Gasteiger partial charge in [-0.3, -0.25) is 0 Å². The summed E-state index contributed by atoms with van der Waals surface area (Å²) in [7, 11) is 0. The van der Waals surface area contributed by atoms with Crippen molar-refractivity contribution in [3.8, 4) is 0 Å². The topological polar surface area (TPSA) is 17.1 Å². The summed E-state index contributed by atoms with van der Waals surface area (Å²) in [5.41, 5.74) is 2.70. The highest BCUT2D eigenvalue weighted by Gasteiger charge is 2.29. The molecule has 1 unspecified atom stereocenters. The van der Waals surface area contributed by atoms with E-state index in [0.717, 1.165) is 17.2 Å². The van der Waals surface area contributed by atoms with Crippen LogP contribution in [0, 0.1) is 0 Å². The van der Waals surface area contributed by atoms with Crippen LogP contribution in [0.2, 0.25) is 0 Å². The van der Waals surface area contributed by atoms with Gasteiger partial charge < -0.3 is 4.57 Å². The van der Waals surface area contributed by atoms with Crippen molar-refractivity contribution in [3.05, 3.63) is 41.5 Å². The Labute approximate surface area is 95.1 Å². The third-order valence-corrected chi connectivity index (χ3v) is 8.43. The minimum absolute atomic E-state index is 0.744. The van der Waals surface area contributed by atoms with Gasteiger partial charge in [0.2, 0.25) is 0 Å². The van der Waals surface area contributed by atoms with E-state index >= 15 is 0 Å². The second-order valence-electron chi connectivity index (χ2n) is 4.00. The molecule has 1 atom stereocenters. The van der Waals surface area contributed by atoms with Crippen LogP contribution in [0.25, 0.3) is 0 Å². The molecule has 0 saturated carbocycles. The summed E-state index contributed by atoms with van der Waals surface area (Å²) in [4.78, 5) is 0. The largest absolute Gasteiger partial charge is 0.307 e. The predicted octanol–water partition coefficient (Wildman–Crippen LogP) is 3.67. The fourth-order valence-corrected chi connectivity index (χ4v) is 7.10. The molecule has 1 aliphatic rings. The zero-order chi connectivity index (χ0) is 10.9. The van der Waals surface area contributed by atoms with Crippen molar-refractivity contribution in [2.75, 3.05) is 11.9 Å². The molecular formula is C12H15OPS. The van der Waals surface area contributed by atoms with Crippen molar-refractivity contribution in [2.24, 2.45) is 0 Å². The second-order valence-corrected chi connectivity index (χ2v) is 9.27. The lowest BCUT2D eigenvalue weighted by Crippen LogP contribution is -2.11. The molecule has 0 fully saturated rings. The summed E-state index contributed by atoms with van der Waals surface area (Å²) < 4.78 is 12.7. The van der Waals surface area contributed by atoms with Crippen molar-refractivity contribution in [1.82, 2.24) is 0 Å². The Balaban J connectivity index is 2.35. The van der Waals surface area contributed by atoms with Gasteiger partial charge in [0.25, 0.3) is 0 Å². The maximum atomic E-state index is 12.7. The van der Waals surface area contributed by atoms with Crippen LogP contribution in [0.3, 0.4) is 0 Å². The Kier molecular flexibility index (Phi) is 3.08. The van der Waals surface area contributed by atoms with Crippen LogP contribution in [0.5, 0.6) is 0 Å². The first-order chi connectivity index (χ1) is 7.12. The van der Waals surface area contributed by atoms with Crippen molar-refractivity contribution in [3.63, 3.8) is 0 Å². The van der Waals surface area contributed by atoms with E-state index in [4.69, 9.17) is 0 Å². The molecule has 0 amide bonds. The monoisotopic (exact) mass is 238 g/mol. The molecule has 3 heteroatoms. The summed E-state index contributed by atoms with van der Waals surface area (Å²) in [5, 5.41) is 1.02. The van der Waals surface area contributed by atoms with Crippen LogP contribution in [0.15, 0.2) is 41.5 Å². The van der Waals surface area contributed by atoms with Gasteiger partial charge in [0.05, 0.1) is 0 Å². The fraction of sp³-hybridized carbons (Fsp3) is 0.333. The Morgan fingerprint density at radius 1 is 1.13 bits per heavy atom. The molecule has 1 aromatic rings. The van der Waals surface area contributed by atoms with Crippen molar-refractivity contribution in [1.29, 1.82) is 0 Å². The summed E-state index contributed by atoms with van der Waals surface area (Å²) in [6.07, 6.45) is -1.46. The summed E-state index contributed by atoms with van der Waals surface area (Å²) in [5.74, 6) is 0.915. The SMILES string of the molecule is CC1=C(C)CP(=O)(c2ccccc2)SC1. The summed E-state index contributed by atoms with van der Waals surface area (Å²) in [6, 6.07) is 9.88. The van der Waals surface area contributed by atoms with E-state index in [-0.39, 0.29) is 0 Å². The van der Waals surface area contributed by atoms with Gasteiger partial charge in [-0.15, -0.1) is 0 Å². The first-order valence-electron chi connectivity index (χ1n) is 5.06. The van der Waals surface area contributed by atoms with Crippen molar-refractivity contribution in [2.45, 2.75) is 13.8 Å². The van der Waals surface area contributed by atoms with Gasteiger partial charge in [0.15, 0.2) is 6.34 Å². The molecule has 0 aromatic heterocycles. The summed E-state index contributed by atoms with van der Waals surface area (Å²) in [6.45, 7) is 4.24. The van der Waals surface area contributed by atoms with E-state index in [1.54, 1.807) is 11.4 Å². The number of rotatable bonds is 1. The van der Waals surface area contributed by atoms with Crippen LogP contribution in [0.4, 0.5) is 0 Å². The first kappa shape index (κ1) is 11.0. The van der Waals surface area contributed by atoms with Crippen LogP contribution in [-0.2, 0) is 4.57 Å². The van der Waals surface area contributed by atoms with Crippen LogP contribution in [0.1, 0.15) is 13.8 Å². The Morgan fingerprint density at radius 3 is 2.40 bits per heavy atom. The average Bonchev–Trinajstić information content (AvgIpc) is 2.26. The van der Waals surface area contributed by atoms with Gasteiger partial charge in [0, 0.05) is 17.2 Å². The maximum Gasteiger partial charge on any atom is 0.171 e. The van der Waals surface area contributed by atoms with Gasteiger partial charge in [-0.1, -0.05) is 52.9 Å². The van der Waals surface area contributed by atoms with Gasteiger partial charge in [-0.05, 0) is 13.8 Å². The smallest absolute Gasteiger partial charge is 0.171 e. The third kappa shape index (κ3) is 2.21. The highest BCUT2D eigenvalue weighted by atomic mass is 32.7. The molecule has 0 radical (unpaired) electrons. The molecule has 2 rings (SSSR count). The molecule has 0 bridgehead atoms. The minimum atomic E-state index is -2.20. The second kappa shape index (κ2) is 4.19.